The first-order valence-corrected chi connectivity index (χ1v) is 8.69. The Balaban J connectivity index is 2.83. The molecule has 120 valence electrons. The Bertz CT molecular complexity index is 561. The summed E-state index contributed by atoms with van der Waals surface area (Å²) in [5.41, 5.74) is 0.960. The van der Waals surface area contributed by atoms with E-state index in [1.54, 1.807) is 25.4 Å². The minimum absolute atomic E-state index is 0.353. The number of rotatable bonds is 9. The molecular formula is C15H27N3O2S. The van der Waals surface area contributed by atoms with Crippen LogP contribution in [0.3, 0.4) is 0 Å². The van der Waals surface area contributed by atoms with Gasteiger partial charge >= 0.3 is 0 Å². The summed E-state index contributed by atoms with van der Waals surface area (Å²) in [5, 5.41) is 3.30. The molecule has 0 aliphatic rings. The lowest BCUT2D eigenvalue weighted by Crippen LogP contribution is -2.27. The van der Waals surface area contributed by atoms with Crippen LogP contribution >= 0.6 is 0 Å². The molecule has 1 aromatic rings. The fourth-order valence-electron chi connectivity index (χ4n) is 1.96. The Labute approximate surface area is 128 Å². The number of unbranched alkanes of at least 4 members (excludes halogenated alkanes) is 1. The first kappa shape index (κ1) is 17.9. The minimum atomic E-state index is -3.41. The highest BCUT2D eigenvalue weighted by atomic mass is 32.2. The third-order valence-electron chi connectivity index (χ3n) is 3.36. The zero-order valence-electron chi connectivity index (χ0n) is 13.5. The van der Waals surface area contributed by atoms with Crippen molar-refractivity contribution >= 4 is 10.0 Å². The van der Waals surface area contributed by atoms with Gasteiger partial charge < -0.3 is 9.88 Å². The van der Waals surface area contributed by atoms with E-state index in [-0.39, 0.29) is 0 Å². The number of sulfonamides is 1. The summed E-state index contributed by atoms with van der Waals surface area (Å²) in [6, 6.07) is 2.11. The highest BCUT2D eigenvalue weighted by Crippen LogP contribution is 2.18. The van der Waals surface area contributed by atoms with Crippen molar-refractivity contribution in [1.29, 1.82) is 0 Å². The quantitative estimate of drug-likeness (QED) is 0.561. The molecule has 0 aliphatic carbocycles. The van der Waals surface area contributed by atoms with Crippen LogP contribution in [0.4, 0.5) is 0 Å². The molecule has 0 amide bonds. The van der Waals surface area contributed by atoms with Gasteiger partial charge in [0.2, 0.25) is 10.0 Å². The highest BCUT2D eigenvalue weighted by Gasteiger charge is 2.22. The largest absolute Gasteiger partial charge is 0.352 e. The first-order valence-electron chi connectivity index (χ1n) is 7.25. The first-order chi connectivity index (χ1) is 9.78. The van der Waals surface area contributed by atoms with Crippen molar-refractivity contribution in [1.82, 2.24) is 14.2 Å². The highest BCUT2D eigenvalue weighted by molar-refractivity contribution is 7.89. The molecule has 1 N–H and O–H groups in total. The Morgan fingerprint density at radius 1 is 1.48 bits per heavy atom. The zero-order chi connectivity index (χ0) is 16.0. The van der Waals surface area contributed by atoms with E-state index in [0.29, 0.717) is 24.0 Å². The van der Waals surface area contributed by atoms with E-state index < -0.39 is 10.0 Å². The fraction of sp³-hybridized carbons (Fsp3) is 0.600. The maximum Gasteiger partial charge on any atom is 0.244 e. The van der Waals surface area contributed by atoms with Gasteiger partial charge in [0.1, 0.15) is 4.90 Å². The van der Waals surface area contributed by atoms with Crippen LogP contribution < -0.4 is 5.32 Å². The molecule has 0 atom stereocenters. The lowest BCUT2D eigenvalue weighted by atomic mass is 10.3. The van der Waals surface area contributed by atoms with Gasteiger partial charge in [0.05, 0.1) is 0 Å². The van der Waals surface area contributed by atoms with Crippen LogP contribution in [0.15, 0.2) is 29.8 Å². The number of aryl methyl sites for hydroxylation is 1. The van der Waals surface area contributed by atoms with Crippen molar-refractivity contribution < 1.29 is 8.42 Å². The molecule has 0 radical (unpaired) electrons. The van der Waals surface area contributed by atoms with Crippen molar-refractivity contribution in [2.45, 2.75) is 44.2 Å². The van der Waals surface area contributed by atoms with Gasteiger partial charge in [-0.25, -0.2) is 12.7 Å². The Kier molecular flexibility index (Phi) is 6.64. The van der Waals surface area contributed by atoms with E-state index in [9.17, 15) is 8.42 Å². The third kappa shape index (κ3) is 4.98. The van der Waals surface area contributed by atoms with Crippen molar-refractivity contribution in [2.75, 3.05) is 13.6 Å². The molecule has 0 bridgehead atoms. The molecule has 0 fully saturated rings. The predicted octanol–water partition coefficient (Wildman–Crippen LogP) is 2.11. The van der Waals surface area contributed by atoms with Crippen LogP contribution in [0.2, 0.25) is 0 Å². The lowest BCUT2D eigenvalue weighted by molar-refractivity contribution is 0.462. The summed E-state index contributed by atoms with van der Waals surface area (Å²) in [5.74, 6) is 0. The second kappa shape index (κ2) is 7.77. The third-order valence-corrected chi connectivity index (χ3v) is 5.19. The standard InChI is InChI=1S/C15H27N3O2S/c1-6-7-8-9-18(5)21(19,20)15-10-14(17(4)12-15)11-16-13(2)3/h6,10,12-13,16H,1,7-9,11H2,2-5H3. The van der Waals surface area contributed by atoms with E-state index in [2.05, 4.69) is 25.7 Å². The molecule has 0 unspecified atom stereocenters. The van der Waals surface area contributed by atoms with Gasteiger partial charge in [0.15, 0.2) is 0 Å². The lowest BCUT2D eigenvalue weighted by Gasteiger charge is -2.15. The van der Waals surface area contributed by atoms with Crippen LogP contribution in [0.1, 0.15) is 32.4 Å². The van der Waals surface area contributed by atoms with Crippen LogP contribution in [0, 0.1) is 0 Å². The molecule has 6 heteroatoms. The molecule has 5 nitrogen and oxygen atoms in total. The Hall–Kier alpha value is -1.11. The second-order valence-electron chi connectivity index (χ2n) is 5.57. The summed E-state index contributed by atoms with van der Waals surface area (Å²) in [7, 11) is 0.0824. The van der Waals surface area contributed by atoms with E-state index in [0.717, 1.165) is 18.5 Å². The van der Waals surface area contributed by atoms with Gasteiger partial charge in [0, 0.05) is 45.1 Å². The number of hydrogen-bond acceptors (Lipinski definition) is 3. The van der Waals surface area contributed by atoms with Gasteiger partial charge in [0.25, 0.3) is 0 Å². The van der Waals surface area contributed by atoms with Crippen molar-refractivity contribution in [3.8, 4) is 0 Å². The SMILES string of the molecule is C=CCCCN(C)S(=O)(=O)c1cc(CNC(C)C)n(C)c1. The summed E-state index contributed by atoms with van der Waals surface area (Å²) >= 11 is 0. The minimum Gasteiger partial charge on any atom is -0.352 e. The number of aromatic nitrogens is 1. The van der Waals surface area contributed by atoms with Crippen molar-refractivity contribution in [2.24, 2.45) is 7.05 Å². The van der Waals surface area contributed by atoms with E-state index in [1.165, 1.54) is 4.31 Å². The number of nitrogens with one attached hydrogen (secondary N) is 1. The van der Waals surface area contributed by atoms with Gasteiger partial charge in [-0.3, -0.25) is 0 Å². The van der Waals surface area contributed by atoms with Gasteiger partial charge in [-0.2, -0.15) is 0 Å². The Morgan fingerprint density at radius 3 is 2.71 bits per heavy atom. The molecule has 0 spiro atoms. The molecule has 0 aliphatic heterocycles. The summed E-state index contributed by atoms with van der Waals surface area (Å²) < 4.78 is 28.3. The molecule has 1 aromatic heterocycles. The summed E-state index contributed by atoms with van der Waals surface area (Å²) in [6.07, 6.45) is 5.08. The van der Waals surface area contributed by atoms with Crippen molar-refractivity contribution in [3.05, 3.63) is 30.6 Å². The van der Waals surface area contributed by atoms with Gasteiger partial charge in [-0.05, 0) is 18.9 Å². The predicted molar refractivity (Wildman–Crippen MR) is 86.6 cm³/mol. The molecule has 1 heterocycles. The Morgan fingerprint density at radius 2 is 2.14 bits per heavy atom. The second-order valence-corrected chi connectivity index (χ2v) is 7.62. The van der Waals surface area contributed by atoms with Gasteiger partial charge in [-0.15, -0.1) is 6.58 Å². The van der Waals surface area contributed by atoms with Crippen LogP contribution in [-0.2, 0) is 23.6 Å². The molecule has 0 aromatic carbocycles. The van der Waals surface area contributed by atoms with Crippen molar-refractivity contribution in [3.63, 3.8) is 0 Å². The fourth-order valence-corrected chi connectivity index (χ4v) is 3.27. The van der Waals surface area contributed by atoms with Crippen LogP contribution in [0.5, 0.6) is 0 Å². The number of allylic oxidation sites excluding steroid dienone is 1. The number of hydrogen-bond donors (Lipinski definition) is 1. The van der Waals surface area contributed by atoms with Crippen LogP contribution in [0.25, 0.3) is 0 Å². The van der Waals surface area contributed by atoms with Crippen LogP contribution in [-0.4, -0.2) is 36.9 Å². The van der Waals surface area contributed by atoms with E-state index in [1.807, 2.05) is 11.6 Å². The molecular weight excluding hydrogens is 286 g/mol. The maximum atomic E-state index is 12.5. The topological polar surface area (TPSA) is 54.3 Å². The van der Waals surface area contributed by atoms with E-state index in [4.69, 9.17) is 0 Å². The summed E-state index contributed by atoms with van der Waals surface area (Å²) in [4.78, 5) is 0.353. The van der Waals surface area contributed by atoms with E-state index >= 15 is 0 Å². The number of nitrogens with zero attached hydrogens (tertiary/aromatic N) is 2. The normalized spacial score (nSPS) is 12.3. The molecule has 0 saturated carbocycles. The average Bonchev–Trinajstić information content (AvgIpc) is 2.78. The molecule has 1 rings (SSSR count). The molecule has 21 heavy (non-hydrogen) atoms. The van der Waals surface area contributed by atoms with Gasteiger partial charge in [-0.1, -0.05) is 19.9 Å². The smallest absolute Gasteiger partial charge is 0.244 e. The monoisotopic (exact) mass is 313 g/mol. The molecule has 0 saturated heterocycles. The summed E-state index contributed by atoms with van der Waals surface area (Å²) in [6.45, 7) is 8.94. The zero-order valence-corrected chi connectivity index (χ0v) is 14.3. The maximum absolute atomic E-state index is 12.5. The average molecular weight is 313 g/mol.